The third-order valence-corrected chi connectivity index (χ3v) is 3.30. The Morgan fingerprint density at radius 1 is 1.57 bits per heavy atom. The van der Waals surface area contributed by atoms with Crippen molar-refractivity contribution in [2.45, 2.75) is 44.5 Å². The van der Waals surface area contributed by atoms with Crippen molar-refractivity contribution >= 4 is 17.7 Å². The van der Waals surface area contributed by atoms with Crippen molar-refractivity contribution in [3.63, 3.8) is 0 Å². The highest BCUT2D eigenvalue weighted by Crippen LogP contribution is 2.19. The van der Waals surface area contributed by atoms with Crippen LogP contribution in [0.25, 0.3) is 0 Å². The van der Waals surface area contributed by atoms with E-state index in [1.165, 1.54) is 0 Å². The van der Waals surface area contributed by atoms with Gasteiger partial charge in [-0.3, -0.25) is 4.79 Å². The van der Waals surface area contributed by atoms with E-state index in [0.29, 0.717) is 19.4 Å². The van der Waals surface area contributed by atoms with Gasteiger partial charge in [0.2, 0.25) is 5.91 Å². The zero-order valence-electron chi connectivity index (χ0n) is 9.46. The molecule has 0 bridgehead atoms. The topological polar surface area (TPSA) is 49.3 Å². The van der Waals surface area contributed by atoms with Crippen molar-refractivity contribution < 1.29 is 9.90 Å². The Balaban J connectivity index is 3.64. The molecule has 0 heterocycles. The van der Waals surface area contributed by atoms with Crippen molar-refractivity contribution in [1.29, 1.82) is 0 Å². The summed E-state index contributed by atoms with van der Waals surface area (Å²) in [4.78, 5) is 11.3. The van der Waals surface area contributed by atoms with Crippen LogP contribution in [0.2, 0.25) is 0 Å². The lowest BCUT2D eigenvalue weighted by Crippen LogP contribution is -2.36. The third-order valence-electron chi connectivity index (χ3n) is 2.05. The molecular formula is C10H21NO2S. The highest BCUT2D eigenvalue weighted by molar-refractivity contribution is 7.99. The first-order valence-electron chi connectivity index (χ1n) is 4.87. The molecule has 0 saturated carbocycles. The van der Waals surface area contributed by atoms with Gasteiger partial charge in [0.1, 0.15) is 0 Å². The van der Waals surface area contributed by atoms with Crippen LogP contribution in [-0.2, 0) is 4.79 Å². The number of hydrogen-bond acceptors (Lipinski definition) is 3. The molecule has 1 atom stereocenters. The summed E-state index contributed by atoms with van der Waals surface area (Å²) < 4.78 is 0.0838. The molecule has 0 aliphatic rings. The SMILES string of the molecule is CSC(C)(C)CNC(=O)CCC(C)O. The summed E-state index contributed by atoms with van der Waals surface area (Å²) in [6.45, 7) is 6.55. The van der Waals surface area contributed by atoms with Gasteiger partial charge in [0.15, 0.2) is 0 Å². The summed E-state index contributed by atoms with van der Waals surface area (Å²) in [6.07, 6.45) is 2.57. The molecular weight excluding hydrogens is 198 g/mol. The van der Waals surface area contributed by atoms with Crippen LogP contribution in [0.15, 0.2) is 0 Å². The molecule has 14 heavy (non-hydrogen) atoms. The fourth-order valence-corrected chi connectivity index (χ4v) is 1.03. The second-order valence-electron chi connectivity index (χ2n) is 4.13. The van der Waals surface area contributed by atoms with Gasteiger partial charge in [0.05, 0.1) is 6.10 Å². The van der Waals surface area contributed by atoms with Crippen LogP contribution in [0, 0.1) is 0 Å². The minimum Gasteiger partial charge on any atom is -0.393 e. The van der Waals surface area contributed by atoms with Crippen LogP contribution in [0.4, 0.5) is 0 Å². The predicted molar refractivity (Wildman–Crippen MR) is 61.5 cm³/mol. The van der Waals surface area contributed by atoms with Crippen LogP contribution >= 0.6 is 11.8 Å². The van der Waals surface area contributed by atoms with Crippen molar-refractivity contribution in [2.75, 3.05) is 12.8 Å². The van der Waals surface area contributed by atoms with Gasteiger partial charge < -0.3 is 10.4 Å². The Morgan fingerprint density at radius 2 is 2.14 bits per heavy atom. The van der Waals surface area contributed by atoms with Gasteiger partial charge >= 0.3 is 0 Å². The van der Waals surface area contributed by atoms with E-state index in [-0.39, 0.29) is 10.7 Å². The van der Waals surface area contributed by atoms with Gasteiger partial charge in [-0.25, -0.2) is 0 Å². The largest absolute Gasteiger partial charge is 0.393 e. The molecule has 4 heteroatoms. The first kappa shape index (κ1) is 13.8. The molecule has 0 radical (unpaired) electrons. The molecule has 0 spiro atoms. The second kappa shape index (κ2) is 6.30. The molecule has 0 rings (SSSR count). The Labute approximate surface area is 90.7 Å². The predicted octanol–water partition coefficient (Wildman–Crippen LogP) is 1.41. The van der Waals surface area contributed by atoms with E-state index >= 15 is 0 Å². The standard InChI is InChI=1S/C10H21NO2S/c1-8(12)5-6-9(13)11-7-10(2,3)14-4/h8,12H,5-7H2,1-4H3,(H,11,13). The maximum atomic E-state index is 11.3. The third kappa shape index (κ3) is 7.21. The quantitative estimate of drug-likeness (QED) is 0.710. The molecule has 0 aliphatic carbocycles. The fraction of sp³-hybridized carbons (Fsp3) is 0.900. The average molecular weight is 219 g/mol. The Bertz CT molecular complexity index is 181. The zero-order valence-corrected chi connectivity index (χ0v) is 10.3. The van der Waals surface area contributed by atoms with Gasteiger partial charge in [0.25, 0.3) is 0 Å². The Morgan fingerprint density at radius 3 is 2.57 bits per heavy atom. The highest BCUT2D eigenvalue weighted by Gasteiger charge is 2.16. The van der Waals surface area contributed by atoms with Crippen molar-refractivity contribution in [1.82, 2.24) is 5.32 Å². The number of aliphatic hydroxyl groups is 1. The second-order valence-corrected chi connectivity index (χ2v) is 5.64. The maximum Gasteiger partial charge on any atom is 0.220 e. The first-order valence-corrected chi connectivity index (χ1v) is 6.10. The minimum absolute atomic E-state index is 0.0213. The molecule has 84 valence electrons. The molecule has 0 saturated heterocycles. The number of rotatable bonds is 6. The van der Waals surface area contributed by atoms with E-state index in [1.807, 2.05) is 6.26 Å². The number of thioether (sulfide) groups is 1. The molecule has 0 aromatic heterocycles. The van der Waals surface area contributed by atoms with Crippen LogP contribution < -0.4 is 5.32 Å². The molecule has 0 aliphatic heterocycles. The molecule has 2 N–H and O–H groups in total. The van der Waals surface area contributed by atoms with Gasteiger partial charge in [0, 0.05) is 17.7 Å². The number of hydrogen-bond donors (Lipinski definition) is 2. The van der Waals surface area contributed by atoms with E-state index in [1.54, 1.807) is 18.7 Å². The van der Waals surface area contributed by atoms with Crippen LogP contribution in [-0.4, -0.2) is 34.7 Å². The van der Waals surface area contributed by atoms with Crippen LogP contribution in [0.3, 0.4) is 0 Å². The monoisotopic (exact) mass is 219 g/mol. The van der Waals surface area contributed by atoms with Gasteiger partial charge in [-0.05, 0) is 33.4 Å². The number of carbonyl (C=O) groups is 1. The van der Waals surface area contributed by atoms with Gasteiger partial charge in [-0.1, -0.05) is 0 Å². The maximum absolute atomic E-state index is 11.3. The number of aliphatic hydroxyl groups excluding tert-OH is 1. The highest BCUT2D eigenvalue weighted by atomic mass is 32.2. The van der Waals surface area contributed by atoms with E-state index < -0.39 is 6.10 Å². The lowest BCUT2D eigenvalue weighted by atomic mass is 10.2. The van der Waals surface area contributed by atoms with Gasteiger partial charge in [-0.15, -0.1) is 0 Å². The Kier molecular flexibility index (Phi) is 6.20. The normalized spacial score (nSPS) is 13.8. The molecule has 1 amide bonds. The number of carbonyl (C=O) groups excluding carboxylic acids is 1. The zero-order chi connectivity index (χ0) is 11.2. The van der Waals surface area contributed by atoms with Crippen LogP contribution in [0.5, 0.6) is 0 Å². The first-order chi connectivity index (χ1) is 6.37. The molecule has 3 nitrogen and oxygen atoms in total. The van der Waals surface area contributed by atoms with Crippen LogP contribution in [0.1, 0.15) is 33.6 Å². The number of amides is 1. The summed E-state index contributed by atoms with van der Waals surface area (Å²) in [6, 6.07) is 0. The van der Waals surface area contributed by atoms with E-state index in [9.17, 15) is 4.79 Å². The lowest BCUT2D eigenvalue weighted by Gasteiger charge is -2.22. The average Bonchev–Trinajstić information content (AvgIpc) is 2.11. The Hall–Kier alpha value is -0.220. The van der Waals surface area contributed by atoms with E-state index in [0.717, 1.165) is 0 Å². The minimum atomic E-state index is -0.394. The van der Waals surface area contributed by atoms with Crippen molar-refractivity contribution in [2.24, 2.45) is 0 Å². The summed E-state index contributed by atoms with van der Waals surface area (Å²) in [5, 5.41) is 11.8. The van der Waals surface area contributed by atoms with Crippen molar-refractivity contribution in [3.8, 4) is 0 Å². The molecule has 0 fully saturated rings. The summed E-state index contributed by atoms with van der Waals surface area (Å²) in [5.74, 6) is 0.0213. The van der Waals surface area contributed by atoms with Gasteiger partial charge in [-0.2, -0.15) is 11.8 Å². The van der Waals surface area contributed by atoms with Crippen molar-refractivity contribution in [3.05, 3.63) is 0 Å². The summed E-state index contributed by atoms with van der Waals surface area (Å²) in [7, 11) is 0. The molecule has 0 aromatic rings. The summed E-state index contributed by atoms with van der Waals surface area (Å²) >= 11 is 1.73. The lowest BCUT2D eigenvalue weighted by molar-refractivity contribution is -0.121. The molecule has 1 unspecified atom stereocenters. The number of nitrogens with one attached hydrogen (secondary N) is 1. The fourth-order valence-electron chi connectivity index (χ4n) is 0.812. The smallest absolute Gasteiger partial charge is 0.220 e. The van der Waals surface area contributed by atoms with E-state index in [2.05, 4.69) is 19.2 Å². The summed E-state index contributed by atoms with van der Waals surface area (Å²) in [5.41, 5.74) is 0. The van der Waals surface area contributed by atoms with E-state index in [4.69, 9.17) is 5.11 Å². The molecule has 0 aromatic carbocycles.